The minimum Gasteiger partial charge on any atom is -0.387 e. The van der Waals surface area contributed by atoms with Gasteiger partial charge in [-0.05, 0) is 38.5 Å². The van der Waals surface area contributed by atoms with Gasteiger partial charge in [-0.3, -0.25) is 18.2 Å². The van der Waals surface area contributed by atoms with E-state index >= 15 is 9.13 Å². The van der Waals surface area contributed by atoms with Crippen molar-refractivity contribution in [3.8, 4) is 0 Å². The number of fused-ring (bicyclic) bond motifs is 2. The second-order valence-electron chi connectivity index (χ2n) is 18.6. The number of aliphatic hydroxyl groups excluding tert-OH is 1. The van der Waals surface area contributed by atoms with Crippen LogP contribution in [0.15, 0.2) is 0 Å². The topological polar surface area (TPSA) is 123 Å². The van der Waals surface area contributed by atoms with E-state index in [1.165, 1.54) is 77.0 Å². The molecule has 8 unspecified atom stereocenters. The Bertz CT molecular complexity index is 1330. The minimum absolute atomic E-state index is 0.177. The largest absolute Gasteiger partial charge is 0.387 e. The van der Waals surface area contributed by atoms with Gasteiger partial charge in [0.25, 0.3) is 0 Å². The Labute approximate surface area is 315 Å². The van der Waals surface area contributed by atoms with Gasteiger partial charge in [-0.15, -0.1) is 0 Å². The lowest BCUT2D eigenvalue weighted by Gasteiger charge is -2.60. The van der Waals surface area contributed by atoms with Crippen LogP contribution in [-0.2, 0) is 22.7 Å². The van der Waals surface area contributed by atoms with Gasteiger partial charge < -0.3 is 19.8 Å². The second kappa shape index (κ2) is 15.2. The van der Waals surface area contributed by atoms with E-state index in [0.29, 0.717) is 38.5 Å². The Morgan fingerprint density at radius 1 is 0.519 bits per heavy atom. The third-order valence-corrected chi connectivity index (χ3v) is 20.9. The third kappa shape index (κ3) is 5.18. The second-order valence-corrected chi connectivity index (χ2v) is 23.3. The average Bonchev–Trinajstić information content (AvgIpc) is 3.84. The van der Waals surface area contributed by atoms with Crippen LogP contribution in [0.25, 0.3) is 0 Å². The van der Waals surface area contributed by atoms with Gasteiger partial charge in [0.05, 0.1) is 6.16 Å². The summed E-state index contributed by atoms with van der Waals surface area (Å²) in [4.78, 5) is 0. The molecule has 3 heterocycles. The molecule has 5 spiro atoms. The van der Waals surface area contributed by atoms with Crippen molar-refractivity contribution in [3.05, 3.63) is 0 Å². The third-order valence-electron chi connectivity index (χ3n) is 15.8. The molecule has 2 bridgehead atoms. The summed E-state index contributed by atoms with van der Waals surface area (Å²) >= 11 is 0. The maximum absolute atomic E-state index is 15.5. The van der Waals surface area contributed by atoms with Crippen molar-refractivity contribution in [2.24, 2.45) is 10.8 Å². The van der Waals surface area contributed by atoms with Crippen molar-refractivity contribution in [2.45, 2.75) is 240 Å². The van der Waals surface area contributed by atoms with E-state index in [4.69, 9.17) is 13.6 Å². The lowest BCUT2D eigenvalue weighted by atomic mass is 9.76. The Hall–Kier alpha value is 0.220. The zero-order valence-corrected chi connectivity index (χ0v) is 34.8. The molecule has 0 radical (unpaired) electrons. The van der Waals surface area contributed by atoms with Crippen LogP contribution >= 0.6 is 15.0 Å². The fraction of sp³-hybridized carbons (Fsp3) is 1.00. The summed E-state index contributed by atoms with van der Waals surface area (Å²) in [5.74, 6) is 0. The highest BCUT2D eigenvalue weighted by Gasteiger charge is 3.20. The molecule has 0 aromatic carbocycles. The monoisotopic (exact) mass is 768 g/mol. The van der Waals surface area contributed by atoms with Gasteiger partial charge >= 0.3 is 7.60 Å². The van der Waals surface area contributed by atoms with E-state index in [2.05, 4.69) is 13.8 Å². The smallest absolute Gasteiger partial charge is 0.332 e. The van der Waals surface area contributed by atoms with Crippen molar-refractivity contribution in [3.63, 3.8) is 0 Å². The summed E-state index contributed by atoms with van der Waals surface area (Å²) in [6, 6.07) is 0. The van der Waals surface area contributed by atoms with Crippen LogP contribution in [0.4, 0.5) is 0 Å². The van der Waals surface area contributed by atoms with Crippen LogP contribution in [0.5, 0.6) is 0 Å². The maximum Gasteiger partial charge on any atom is 0.332 e. The van der Waals surface area contributed by atoms with Gasteiger partial charge in [0.15, 0.2) is 11.2 Å². The van der Waals surface area contributed by atoms with Gasteiger partial charge in [-0.2, -0.15) is 0 Å². The van der Waals surface area contributed by atoms with E-state index in [1.807, 2.05) is 0 Å². The first kappa shape index (κ1) is 40.4. The zero-order valence-electron chi connectivity index (χ0n) is 33.0. The van der Waals surface area contributed by atoms with Crippen LogP contribution in [-0.4, -0.2) is 61.5 Å². The molecule has 0 aromatic rings. The predicted octanol–water partition coefficient (Wildman–Crippen LogP) is 11.3. The molecule has 3 N–H and O–H groups in total. The van der Waals surface area contributed by atoms with Crippen LogP contribution in [0.3, 0.4) is 0 Å². The van der Waals surface area contributed by atoms with E-state index in [1.54, 1.807) is 0 Å². The van der Waals surface area contributed by atoms with Gasteiger partial charge in [-0.1, -0.05) is 168 Å². The highest BCUT2D eigenvalue weighted by Crippen LogP contribution is 3.07. The molecule has 3 aliphatic heterocycles. The molecule has 5 aliphatic carbocycles. The molecule has 8 atom stereocenters. The van der Waals surface area contributed by atoms with E-state index in [9.17, 15) is 15.3 Å². The lowest BCUT2D eigenvalue weighted by molar-refractivity contribution is -0.235. The van der Waals surface area contributed by atoms with E-state index < -0.39 is 59.6 Å². The molecule has 8 aliphatic rings. The van der Waals surface area contributed by atoms with Gasteiger partial charge in [-0.25, -0.2) is 0 Å². The van der Waals surface area contributed by atoms with Gasteiger partial charge in [0.2, 0.25) is 12.7 Å². The summed E-state index contributed by atoms with van der Waals surface area (Å²) in [6.45, 7) is 4.48. The lowest BCUT2D eigenvalue weighted by Crippen LogP contribution is -2.76. The molecular weight excluding hydrogens is 694 g/mol. The standard InChI is InChI=1S/C42H74O8P2/c1-3-5-7-9-11-13-15-17-19-27-33-51(46)42(45)40-36(29-23-21-24-30-36)38(40,44)35(43)39(37(41(39,42)49-51)31-25-22-26-32-37)48-52(47,50-40)34-28-20-18-16-14-12-10-8-6-4-2/h35,43-45H,3-34H2,1-2H3. The van der Waals surface area contributed by atoms with Crippen molar-refractivity contribution in [1.29, 1.82) is 0 Å². The molecule has 3 saturated heterocycles. The summed E-state index contributed by atoms with van der Waals surface area (Å²) in [5, 5.41) is 37.4. The Morgan fingerprint density at radius 2 is 0.942 bits per heavy atom. The summed E-state index contributed by atoms with van der Waals surface area (Å²) in [6.07, 6.45) is 29.4. The van der Waals surface area contributed by atoms with Crippen molar-refractivity contribution in [2.75, 3.05) is 12.3 Å². The van der Waals surface area contributed by atoms with E-state index in [0.717, 1.165) is 77.0 Å². The molecule has 8 rings (SSSR count). The highest BCUT2D eigenvalue weighted by molar-refractivity contribution is 7.62. The summed E-state index contributed by atoms with van der Waals surface area (Å²) < 4.78 is 51.3. The highest BCUT2D eigenvalue weighted by atomic mass is 31.2. The average molecular weight is 769 g/mol. The fourth-order valence-electron chi connectivity index (χ4n) is 13.4. The Morgan fingerprint density at radius 3 is 1.42 bits per heavy atom. The number of unbranched alkanes of at least 4 members (excludes halogenated alkanes) is 18. The predicted molar refractivity (Wildman–Crippen MR) is 207 cm³/mol. The molecule has 8 nitrogen and oxygen atoms in total. The fourth-order valence-corrected chi connectivity index (χ4v) is 19.8. The molecular formula is C42H74O8P2. The Balaban J connectivity index is 1.12. The summed E-state index contributed by atoms with van der Waals surface area (Å²) in [5.41, 5.74) is -8.65. The maximum atomic E-state index is 15.5. The quantitative estimate of drug-likeness (QED) is 0.0735. The molecule has 300 valence electrons. The van der Waals surface area contributed by atoms with Crippen molar-refractivity contribution < 1.29 is 38.0 Å². The summed E-state index contributed by atoms with van der Waals surface area (Å²) in [7, 11) is -7.81. The first-order valence-corrected chi connectivity index (χ1v) is 26.0. The Kier molecular flexibility index (Phi) is 11.8. The first-order valence-electron chi connectivity index (χ1n) is 22.5. The van der Waals surface area contributed by atoms with E-state index in [-0.39, 0.29) is 12.3 Å². The zero-order chi connectivity index (χ0) is 36.8. The molecule has 8 fully saturated rings. The molecule has 0 amide bonds. The van der Waals surface area contributed by atoms with Crippen LogP contribution < -0.4 is 0 Å². The van der Waals surface area contributed by atoms with Gasteiger partial charge in [0, 0.05) is 17.0 Å². The minimum atomic E-state index is -3.97. The SMILES string of the molecule is CCCCCCCCCCCCP1(=O)OC23C(O)C4(O)C5(CCCCC5)C4(O1)C1(O)C2(OP1(=O)CCCCCCCCCCCC)C31CCCCC1. The molecule has 5 saturated carbocycles. The number of hydrogen-bond acceptors (Lipinski definition) is 8. The molecule has 52 heavy (non-hydrogen) atoms. The number of rotatable bonds is 22. The van der Waals surface area contributed by atoms with Crippen LogP contribution in [0.1, 0.15) is 206 Å². The molecule has 10 heteroatoms. The van der Waals surface area contributed by atoms with Gasteiger partial charge in [0.1, 0.15) is 17.3 Å². The first-order chi connectivity index (χ1) is 25.1. The van der Waals surface area contributed by atoms with Crippen LogP contribution in [0.2, 0.25) is 0 Å². The molecule has 0 aromatic heterocycles. The number of hydrogen-bond donors (Lipinski definition) is 3. The van der Waals surface area contributed by atoms with Crippen LogP contribution in [0, 0.1) is 10.8 Å². The van der Waals surface area contributed by atoms with Crippen molar-refractivity contribution in [1.82, 2.24) is 0 Å². The number of aliphatic hydroxyl groups is 3. The van der Waals surface area contributed by atoms with Crippen molar-refractivity contribution >= 4 is 15.0 Å². The normalized spacial score (nSPS) is 43.1.